The SMILES string of the molecule is CC(C)CN(C)CCC1CCCC1(NC1CC1)C(=O)O. The summed E-state index contributed by atoms with van der Waals surface area (Å²) in [5, 5.41) is 13.2. The maximum Gasteiger partial charge on any atom is 0.324 e. The zero-order chi connectivity index (χ0) is 14.8. The van der Waals surface area contributed by atoms with Crippen LogP contribution in [0, 0.1) is 11.8 Å². The van der Waals surface area contributed by atoms with Crippen LogP contribution in [0.4, 0.5) is 0 Å². The molecule has 2 saturated carbocycles. The predicted molar refractivity (Wildman–Crippen MR) is 80.8 cm³/mol. The van der Waals surface area contributed by atoms with Gasteiger partial charge in [0.15, 0.2) is 0 Å². The second kappa shape index (κ2) is 6.44. The molecule has 116 valence electrons. The first-order valence-corrected chi connectivity index (χ1v) is 8.13. The van der Waals surface area contributed by atoms with Crippen molar-refractivity contribution >= 4 is 5.97 Å². The van der Waals surface area contributed by atoms with Crippen LogP contribution < -0.4 is 5.32 Å². The Morgan fingerprint density at radius 1 is 1.40 bits per heavy atom. The highest BCUT2D eigenvalue weighted by molar-refractivity contribution is 5.80. The number of hydrogen-bond donors (Lipinski definition) is 2. The van der Waals surface area contributed by atoms with Crippen molar-refractivity contribution in [2.24, 2.45) is 11.8 Å². The molecule has 0 radical (unpaired) electrons. The van der Waals surface area contributed by atoms with Gasteiger partial charge >= 0.3 is 5.97 Å². The molecule has 2 unspecified atom stereocenters. The molecule has 2 aliphatic carbocycles. The minimum atomic E-state index is -0.639. The number of carboxylic acids is 1. The van der Waals surface area contributed by atoms with E-state index in [0.29, 0.717) is 12.0 Å². The van der Waals surface area contributed by atoms with Gasteiger partial charge in [0.05, 0.1) is 0 Å². The molecule has 0 amide bonds. The molecular weight excluding hydrogens is 252 g/mol. The monoisotopic (exact) mass is 282 g/mol. The molecule has 2 aliphatic rings. The zero-order valence-corrected chi connectivity index (χ0v) is 13.2. The van der Waals surface area contributed by atoms with Gasteiger partial charge in [-0.2, -0.15) is 0 Å². The van der Waals surface area contributed by atoms with E-state index in [-0.39, 0.29) is 5.92 Å². The maximum absolute atomic E-state index is 11.8. The van der Waals surface area contributed by atoms with Crippen LogP contribution in [0.5, 0.6) is 0 Å². The molecule has 0 aliphatic heterocycles. The van der Waals surface area contributed by atoms with Crippen molar-refractivity contribution in [3.05, 3.63) is 0 Å². The molecule has 2 atom stereocenters. The lowest BCUT2D eigenvalue weighted by atomic mass is 9.84. The van der Waals surface area contributed by atoms with Gasteiger partial charge in [-0.05, 0) is 57.5 Å². The van der Waals surface area contributed by atoms with Crippen LogP contribution in [0.25, 0.3) is 0 Å². The van der Waals surface area contributed by atoms with Crippen LogP contribution in [0.2, 0.25) is 0 Å². The molecule has 0 spiro atoms. The average molecular weight is 282 g/mol. The van der Waals surface area contributed by atoms with E-state index in [1.807, 2.05) is 0 Å². The fourth-order valence-corrected chi connectivity index (χ4v) is 3.68. The number of hydrogen-bond acceptors (Lipinski definition) is 3. The Balaban J connectivity index is 1.92. The Labute approximate surface area is 122 Å². The van der Waals surface area contributed by atoms with Crippen LogP contribution in [0.15, 0.2) is 0 Å². The first-order chi connectivity index (χ1) is 9.44. The lowest BCUT2D eigenvalue weighted by molar-refractivity contribution is -0.147. The lowest BCUT2D eigenvalue weighted by Crippen LogP contribution is -2.56. The molecule has 2 N–H and O–H groups in total. The van der Waals surface area contributed by atoms with Gasteiger partial charge in [-0.1, -0.05) is 20.3 Å². The average Bonchev–Trinajstić information content (AvgIpc) is 3.05. The first kappa shape index (κ1) is 15.8. The molecule has 0 aromatic heterocycles. The number of carbonyl (C=O) groups is 1. The summed E-state index contributed by atoms with van der Waals surface area (Å²) in [5.41, 5.74) is -0.639. The molecule has 0 heterocycles. The fraction of sp³-hybridized carbons (Fsp3) is 0.938. The summed E-state index contributed by atoms with van der Waals surface area (Å²) >= 11 is 0. The summed E-state index contributed by atoms with van der Waals surface area (Å²) in [6.07, 6.45) is 6.20. The third-order valence-electron chi connectivity index (χ3n) is 4.78. The molecule has 4 heteroatoms. The number of aliphatic carboxylic acids is 1. The number of nitrogens with zero attached hydrogens (tertiary/aromatic N) is 1. The Kier molecular flexibility index (Phi) is 5.08. The van der Waals surface area contributed by atoms with Crippen molar-refractivity contribution in [2.45, 2.75) is 64.0 Å². The second-order valence-corrected chi connectivity index (χ2v) is 7.23. The molecule has 0 aromatic rings. The number of rotatable bonds is 8. The van der Waals surface area contributed by atoms with E-state index in [1.54, 1.807) is 0 Å². The fourth-order valence-electron chi connectivity index (χ4n) is 3.68. The molecule has 2 rings (SSSR count). The van der Waals surface area contributed by atoms with E-state index < -0.39 is 11.5 Å². The minimum Gasteiger partial charge on any atom is -0.480 e. The highest BCUT2D eigenvalue weighted by Gasteiger charge is 2.51. The third-order valence-corrected chi connectivity index (χ3v) is 4.78. The molecule has 4 nitrogen and oxygen atoms in total. The van der Waals surface area contributed by atoms with Crippen LogP contribution in [-0.4, -0.2) is 47.7 Å². The van der Waals surface area contributed by atoms with Crippen molar-refractivity contribution in [3.63, 3.8) is 0 Å². The van der Waals surface area contributed by atoms with Crippen molar-refractivity contribution in [1.29, 1.82) is 0 Å². The van der Waals surface area contributed by atoms with Crippen LogP contribution >= 0.6 is 0 Å². The maximum atomic E-state index is 11.8. The van der Waals surface area contributed by atoms with Crippen molar-refractivity contribution < 1.29 is 9.90 Å². The standard InChI is InChI=1S/C16H30N2O2/c1-12(2)11-18(3)10-8-13-5-4-9-16(13,15(19)20)17-14-6-7-14/h12-14,17H,4-11H2,1-3H3,(H,19,20). The van der Waals surface area contributed by atoms with E-state index in [0.717, 1.165) is 51.6 Å². The van der Waals surface area contributed by atoms with Crippen molar-refractivity contribution in [2.75, 3.05) is 20.1 Å². The van der Waals surface area contributed by atoms with E-state index in [1.165, 1.54) is 0 Å². The molecular formula is C16H30N2O2. The molecule has 0 aromatic carbocycles. The van der Waals surface area contributed by atoms with Gasteiger partial charge < -0.3 is 10.0 Å². The van der Waals surface area contributed by atoms with Crippen LogP contribution in [0.1, 0.15) is 52.4 Å². The summed E-state index contributed by atoms with van der Waals surface area (Å²) in [5.74, 6) is 0.325. The van der Waals surface area contributed by atoms with Gasteiger partial charge in [0.1, 0.15) is 5.54 Å². The first-order valence-electron chi connectivity index (χ1n) is 8.13. The number of nitrogens with one attached hydrogen (secondary N) is 1. The van der Waals surface area contributed by atoms with Crippen molar-refractivity contribution in [1.82, 2.24) is 10.2 Å². The Morgan fingerprint density at radius 3 is 2.65 bits per heavy atom. The minimum absolute atomic E-state index is 0.287. The quantitative estimate of drug-likeness (QED) is 0.717. The summed E-state index contributed by atoms with van der Waals surface area (Å²) < 4.78 is 0. The lowest BCUT2D eigenvalue weighted by Gasteiger charge is -2.34. The van der Waals surface area contributed by atoms with Gasteiger partial charge in [0.2, 0.25) is 0 Å². The molecule has 2 fully saturated rings. The van der Waals surface area contributed by atoms with Gasteiger partial charge in [0, 0.05) is 12.6 Å². The van der Waals surface area contributed by atoms with E-state index in [4.69, 9.17) is 0 Å². The molecule has 0 saturated heterocycles. The van der Waals surface area contributed by atoms with E-state index in [9.17, 15) is 9.90 Å². The van der Waals surface area contributed by atoms with Gasteiger partial charge in [-0.3, -0.25) is 10.1 Å². The number of carboxylic acid groups (broad SMARTS) is 1. The van der Waals surface area contributed by atoms with Gasteiger partial charge in [-0.25, -0.2) is 0 Å². The van der Waals surface area contributed by atoms with E-state index >= 15 is 0 Å². The van der Waals surface area contributed by atoms with Crippen molar-refractivity contribution in [3.8, 4) is 0 Å². The zero-order valence-electron chi connectivity index (χ0n) is 13.2. The normalized spacial score (nSPS) is 30.4. The topological polar surface area (TPSA) is 52.6 Å². The highest BCUT2D eigenvalue weighted by Crippen LogP contribution is 2.40. The van der Waals surface area contributed by atoms with Crippen LogP contribution in [-0.2, 0) is 4.79 Å². The molecule has 20 heavy (non-hydrogen) atoms. The Morgan fingerprint density at radius 2 is 2.10 bits per heavy atom. The van der Waals surface area contributed by atoms with Gasteiger partial charge in [0.25, 0.3) is 0 Å². The smallest absolute Gasteiger partial charge is 0.324 e. The predicted octanol–water partition coefficient (Wildman–Crippen LogP) is 2.34. The second-order valence-electron chi connectivity index (χ2n) is 7.23. The summed E-state index contributed by atoms with van der Waals surface area (Å²) in [6.45, 7) is 6.54. The van der Waals surface area contributed by atoms with E-state index in [2.05, 4.69) is 31.1 Å². The van der Waals surface area contributed by atoms with Crippen LogP contribution in [0.3, 0.4) is 0 Å². The summed E-state index contributed by atoms with van der Waals surface area (Å²) in [7, 11) is 2.14. The summed E-state index contributed by atoms with van der Waals surface area (Å²) in [6, 6.07) is 0.458. The highest BCUT2D eigenvalue weighted by atomic mass is 16.4. The van der Waals surface area contributed by atoms with Gasteiger partial charge in [-0.15, -0.1) is 0 Å². The third kappa shape index (κ3) is 3.73. The Hall–Kier alpha value is -0.610. The Bertz CT molecular complexity index is 341. The molecule has 0 bridgehead atoms. The largest absolute Gasteiger partial charge is 0.480 e. The summed E-state index contributed by atoms with van der Waals surface area (Å²) in [4.78, 5) is 14.2.